The first-order chi connectivity index (χ1) is 11.5. The molecule has 0 spiro atoms. The highest BCUT2D eigenvalue weighted by Crippen LogP contribution is 2.29. The van der Waals surface area contributed by atoms with Crippen molar-refractivity contribution in [3.8, 4) is 6.07 Å². The fourth-order valence-corrected chi connectivity index (χ4v) is 3.48. The van der Waals surface area contributed by atoms with Crippen molar-refractivity contribution >= 4 is 23.6 Å². The molecule has 0 fully saturated rings. The average molecular weight is 344 g/mol. The molecule has 2 heterocycles. The summed E-state index contributed by atoms with van der Waals surface area (Å²) in [5, 5.41) is 16.2. The van der Waals surface area contributed by atoms with Crippen LogP contribution in [-0.4, -0.2) is 21.9 Å². The lowest BCUT2D eigenvalue weighted by Gasteiger charge is -2.21. The van der Waals surface area contributed by atoms with Crippen LogP contribution in [0.1, 0.15) is 30.2 Å². The Morgan fingerprint density at radius 2 is 2.46 bits per heavy atom. The summed E-state index contributed by atoms with van der Waals surface area (Å²) in [5.74, 6) is 0.838. The van der Waals surface area contributed by atoms with Gasteiger partial charge >= 0.3 is 5.88 Å². The number of hydrogen-bond donors (Lipinski definition) is 1. The Morgan fingerprint density at radius 3 is 3.17 bits per heavy atom. The van der Waals surface area contributed by atoms with Crippen LogP contribution in [-0.2, 0) is 24.7 Å². The Hall–Kier alpha value is -2.40. The molecule has 0 saturated heterocycles. The first-order valence-electron chi connectivity index (χ1n) is 7.73. The van der Waals surface area contributed by atoms with Gasteiger partial charge in [-0.25, -0.2) is 4.98 Å². The number of nitrogens with zero attached hydrogens (tertiary/aromatic N) is 4. The van der Waals surface area contributed by atoms with Crippen molar-refractivity contribution in [2.24, 2.45) is 13.0 Å². The number of aryl methyl sites for hydroxylation is 2. The van der Waals surface area contributed by atoms with E-state index in [1.165, 1.54) is 16.4 Å². The number of amides is 1. The van der Waals surface area contributed by atoms with E-state index < -0.39 is 0 Å². The smallest absolute Gasteiger partial charge is 0.288 e. The third kappa shape index (κ3) is 3.74. The van der Waals surface area contributed by atoms with Crippen LogP contribution in [0, 0.1) is 17.2 Å². The van der Waals surface area contributed by atoms with Crippen molar-refractivity contribution in [3.05, 3.63) is 29.1 Å². The second-order valence-electron chi connectivity index (χ2n) is 5.98. The van der Waals surface area contributed by atoms with Crippen molar-refractivity contribution in [3.63, 3.8) is 0 Å². The van der Waals surface area contributed by atoms with Gasteiger partial charge in [-0.3, -0.25) is 14.6 Å². The Labute approximate surface area is 144 Å². The van der Waals surface area contributed by atoms with E-state index in [1.807, 2.05) is 6.07 Å². The molecule has 2 aromatic heterocycles. The van der Waals surface area contributed by atoms with Gasteiger partial charge < -0.3 is 0 Å². The first-order valence-corrected chi connectivity index (χ1v) is 8.72. The van der Waals surface area contributed by atoms with E-state index in [9.17, 15) is 10.1 Å². The molecular weight excluding hydrogens is 326 g/mol. The zero-order valence-electron chi connectivity index (χ0n) is 13.6. The second-order valence-corrected chi connectivity index (χ2v) is 6.95. The number of anilines is 1. The molecule has 1 amide bonds. The summed E-state index contributed by atoms with van der Waals surface area (Å²) < 4.78 is 6.38. The van der Waals surface area contributed by atoms with Crippen LogP contribution >= 0.6 is 11.8 Å². The molecule has 24 heavy (non-hydrogen) atoms. The van der Waals surface area contributed by atoms with Crippen molar-refractivity contribution in [2.75, 3.05) is 11.1 Å². The second kappa shape index (κ2) is 7.01. The van der Waals surface area contributed by atoms with Crippen molar-refractivity contribution in [1.82, 2.24) is 10.3 Å². The predicted molar refractivity (Wildman–Crippen MR) is 87.2 cm³/mol. The Balaban J connectivity index is 1.68. The van der Waals surface area contributed by atoms with Crippen LogP contribution in [0.2, 0.25) is 0 Å². The van der Waals surface area contributed by atoms with Gasteiger partial charge in [-0.05, 0) is 36.8 Å². The molecule has 1 aliphatic rings. The summed E-state index contributed by atoms with van der Waals surface area (Å²) in [5.41, 5.74) is 2.75. The molecule has 1 aliphatic carbocycles. The molecule has 0 radical (unpaired) electrons. The zero-order valence-corrected chi connectivity index (χ0v) is 14.4. The number of nitrogens with one attached hydrogen (secondary N) is 1. The maximum Gasteiger partial charge on any atom is 0.302 e. The van der Waals surface area contributed by atoms with Gasteiger partial charge in [0.15, 0.2) is 12.3 Å². The van der Waals surface area contributed by atoms with E-state index >= 15 is 0 Å². The van der Waals surface area contributed by atoms with Gasteiger partial charge in [0.1, 0.15) is 11.1 Å². The lowest BCUT2D eigenvalue weighted by Crippen LogP contribution is -2.28. The number of pyridine rings is 1. The highest BCUT2D eigenvalue weighted by atomic mass is 32.2. The normalized spacial score (nSPS) is 16.3. The lowest BCUT2D eigenvalue weighted by molar-refractivity contribution is -0.739. The molecule has 0 aliphatic heterocycles. The zero-order chi connectivity index (χ0) is 17.1. The average Bonchev–Trinajstić information content (AvgIpc) is 2.96. The number of hydrogen-bond acceptors (Lipinski definition) is 6. The van der Waals surface area contributed by atoms with E-state index in [4.69, 9.17) is 4.52 Å². The van der Waals surface area contributed by atoms with E-state index in [2.05, 4.69) is 28.6 Å². The topological polar surface area (TPSA) is 95.7 Å². The fourth-order valence-electron chi connectivity index (χ4n) is 2.71. The number of aromatic nitrogens is 3. The molecule has 124 valence electrons. The van der Waals surface area contributed by atoms with E-state index in [0.29, 0.717) is 16.5 Å². The predicted octanol–water partition coefficient (Wildman–Crippen LogP) is 1.62. The molecule has 7 nitrogen and oxygen atoms in total. The standard InChI is InChI=1S/C16H17N5O2S/c1-10-3-4-13-11(5-10)6-12(7-17)16(18-13)24-9-14(22)19-15-8-21(2)20-23-15/h6,8,10H,3-5,9H2,1-2H3/p+1. The van der Waals surface area contributed by atoms with Gasteiger partial charge in [-0.2, -0.15) is 5.26 Å². The minimum atomic E-state index is -0.228. The molecule has 0 aromatic carbocycles. The molecule has 8 heteroatoms. The highest BCUT2D eigenvalue weighted by Gasteiger charge is 2.20. The summed E-state index contributed by atoms with van der Waals surface area (Å²) >= 11 is 1.26. The quantitative estimate of drug-likeness (QED) is 0.669. The van der Waals surface area contributed by atoms with Crippen LogP contribution in [0.5, 0.6) is 0 Å². The Morgan fingerprint density at radius 1 is 1.62 bits per heavy atom. The maximum absolute atomic E-state index is 12.0. The summed E-state index contributed by atoms with van der Waals surface area (Å²) in [7, 11) is 1.70. The van der Waals surface area contributed by atoms with E-state index in [0.717, 1.165) is 30.5 Å². The number of rotatable bonds is 4. The largest absolute Gasteiger partial charge is 0.302 e. The number of carbonyl (C=O) groups excluding carboxylic acids is 1. The molecule has 1 N–H and O–H groups in total. The maximum atomic E-state index is 12.0. The van der Waals surface area contributed by atoms with Crippen LogP contribution in [0.15, 0.2) is 21.8 Å². The Kier molecular flexibility index (Phi) is 4.81. The fraction of sp³-hybridized carbons (Fsp3) is 0.438. The van der Waals surface area contributed by atoms with E-state index in [1.54, 1.807) is 13.2 Å². The minimum Gasteiger partial charge on any atom is -0.288 e. The molecule has 1 atom stereocenters. The van der Waals surface area contributed by atoms with Crippen LogP contribution in [0.4, 0.5) is 5.88 Å². The molecule has 3 rings (SSSR count). The van der Waals surface area contributed by atoms with Crippen LogP contribution in [0.3, 0.4) is 0 Å². The lowest BCUT2D eigenvalue weighted by atomic mass is 9.87. The third-order valence-electron chi connectivity index (χ3n) is 3.89. The molecule has 1 unspecified atom stereocenters. The van der Waals surface area contributed by atoms with Crippen LogP contribution < -0.4 is 10.00 Å². The highest BCUT2D eigenvalue weighted by molar-refractivity contribution is 8.00. The van der Waals surface area contributed by atoms with Crippen molar-refractivity contribution < 1.29 is 14.0 Å². The summed E-state index contributed by atoms with van der Waals surface area (Å²) in [6, 6.07) is 4.12. The molecule has 2 aromatic rings. The Bertz CT molecular complexity index is 811. The van der Waals surface area contributed by atoms with Gasteiger partial charge in [0.2, 0.25) is 5.91 Å². The van der Waals surface area contributed by atoms with Crippen molar-refractivity contribution in [1.29, 1.82) is 5.26 Å². The minimum absolute atomic E-state index is 0.154. The van der Waals surface area contributed by atoms with Gasteiger partial charge in [0.25, 0.3) is 6.20 Å². The van der Waals surface area contributed by atoms with E-state index in [-0.39, 0.29) is 17.5 Å². The summed E-state index contributed by atoms with van der Waals surface area (Å²) in [4.78, 5) is 16.6. The summed E-state index contributed by atoms with van der Waals surface area (Å²) in [6.07, 6.45) is 4.57. The SMILES string of the molecule is CC1CCc2nc(SCC(=O)Nc3c[n+](C)no3)c(C#N)cc2C1. The van der Waals surface area contributed by atoms with Crippen molar-refractivity contribution in [2.45, 2.75) is 31.2 Å². The monoisotopic (exact) mass is 344 g/mol. The number of carbonyl (C=O) groups is 1. The molecule has 0 bridgehead atoms. The number of thioether (sulfide) groups is 1. The van der Waals surface area contributed by atoms with Gasteiger partial charge in [-0.15, -0.1) is 0 Å². The number of nitriles is 1. The van der Waals surface area contributed by atoms with Crippen LogP contribution in [0.25, 0.3) is 0 Å². The van der Waals surface area contributed by atoms with Gasteiger partial charge in [0, 0.05) is 5.69 Å². The first kappa shape index (κ1) is 16.5. The van der Waals surface area contributed by atoms with Gasteiger partial charge in [0.05, 0.1) is 11.3 Å². The third-order valence-corrected chi connectivity index (χ3v) is 4.88. The number of fused-ring (bicyclic) bond motifs is 1. The molecular formula is C16H18N5O2S+. The van der Waals surface area contributed by atoms with Gasteiger partial charge in [-0.1, -0.05) is 23.4 Å². The summed E-state index contributed by atoms with van der Waals surface area (Å²) in [6.45, 7) is 2.21. The molecule has 0 saturated carbocycles.